The number of hydrogen-bond acceptors (Lipinski definition) is 7. The first-order valence-electron chi connectivity index (χ1n) is 8.42. The van der Waals surface area contributed by atoms with Gasteiger partial charge in [0.25, 0.3) is 0 Å². The van der Waals surface area contributed by atoms with E-state index in [0.717, 1.165) is 54.6 Å². The van der Waals surface area contributed by atoms with E-state index < -0.39 is 5.82 Å². The monoisotopic (exact) mass is 376 g/mol. The summed E-state index contributed by atoms with van der Waals surface area (Å²) in [6.07, 6.45) is 2.39. The Hall–Kier alpha value is -2.39. The number of rotatable bonds is 5. The second kappa shape index (κ2) is 7.46. The Morgan fingerprint density at radius 3 is 2.58 bits per heavy atom. The third-order valence-electron chi connectivity index (χ3n) is 4.32. The zero-order valence-corrected chi connectivity index (χ0v) is 14.8. The second-order valence-corrected chi connectivity index (χ2v) is 7.12. The molecule has 4 rings (SSSR count). The van der Waals surface area contributed by atoms with Gasteiger partial charge in [0.1, 0.15) is 5.82 Å². The smallest absolute Gasteiger partial charge is 0.225 e. The Bertz CT molecular complexity index is 877. The topological polar surface area (TPSA) is 57.2 Å². The zero-order chi connectivity index (χ0) is 17.9. The van der Waals surface area contributed by atoms with Gasteiger partial charge in [0, 0.05) is 39.3 Å². The lowest BCUT2D eigenvalue weighted by atomic mass is 10.3. The molecule has 1 N–H and O–H groups in total. The number of benzene rings is 1. The molecule has 1 aliphatic heterocycles. The maximum Gasteiger partial charge on any atom is 0.225 e. The van der Waals surface area contributed by atoms with Crippen molar-refractivity contribution < 1.29 is 8.78 Å². The Morgan fingerprint density at radius 2 is 1.81 bits per heavy atom. The lowest BCUT2D eigenvalue weighted by Gasteiger charge is -2.34. The summed E-state index contributed by atoms with van der Waals surface area (Å²) in [7, 11) is 0. The molecule has 136 valence electrons. The van der Waals surface area contributed by atoms with E-state index >= 15 is 0 Å². The van der Waals surface area contributed by atoms with Gasteiger partial charge in [-0.1, -0.05) is 11.3 Å². The quantitative estimate of drug-likeness (QED) is 0.739. The van der Waals surface area contributed by atoms with Crippen LogP contribution in [0, 0.1) is 11.6 Å². The van der Waals surface area contributed by atoms with Gasteiger partial charge in [-0.05, 0) is 18.2 Å². The van der Waals surface area contributed by atoms with Gasteiger partial charge in [-0.25, -0.2) is 23.7 Å². The summed E-state index contributed by atoms with van der Waals surface area (Å²) in [5.74, 6) is -0.0855. The maximum absolute atomic E-state index is 13.2. The minimum absolute atomic E-state index is 0.240. The van der Waals surface area contributed by atoms with Crippen LogP contribution in [-0.4, -0.2) is 59.1 Å². The number of nitrogens with zero attached hydrogens (tertiary/aromatic N) is 5. The van der Waals surface area contributed by atoms with Gasteiger partial charge < -0.3 is 10.2 Å². The predicted octanol–water partition coefficient (Wildman–Crippen LogP) is 2.60. The number of anilines is 2. The van der Waals surface area contributed by atoms with E-state index in [1.807, 2.05) is 0 Å². The molecule has 0 radical (unpaired) electrons. The van der Waals surface area contributed by atoms with Crippen LogP contribution in [-0.2, 0) is 0 Å². The van der Waals surface area contributed by atoms with E-state index in [9.17, 15) is 8.78 Å². The molecule has 0 atom stereocenters. The largest absolute Gasteiger partial charge is 0.360 e. The standard InChI is InChI=1S/C17H18F2N6S/c18-12-1-2-14-15(9-12)26-17(23-14)20-3-4-24-5-7-25(8-6-24)16-21-10-13(19)11-22-16/h1-2,9-11H,3-8H2,(H,20,23). The molecule has 26 heavy (non-hydrogen) atoms. The molecule has 0 saturated carbocycles. The Balaban J connectivity index is 1.25. The van der Waals surface area contributed by atoms with Gasteiger partial charge in [0.15, 0.2) is 10.9 Å². The first-order valence-corrected chi connectivity index (χ1v) is 9.24. The minimum atomic E-state index is -0.420. The van der Waals surface area contributed by atoms with E-state index in [1.54, 1.807) is 6.07 Å². The van der Waals surface area contributed by atoms with Crippen molar-refractivity contribution in [2.75, 3.05) is 49.5 Å². The van der Waals surface area contributed by atoms with Crippen LogP contribution in [0.2, 0.25) is 0 Å². The lowest BCUT2D eigenvalue weighted by molar-refractivity contribution is 0.266. The van der Waals surface area contributed by atoms with Crippen molar-refractivity contribution in [1.82, 2.24) is 19.9 Å². The van der Waals surface area contributed by atoms with Gasteiger partial charge >= 0.3 is 0 Å². The average Bonchev–Trinajstić information content (AvgIpc) is 3.05. The molecule has 0 spiro atoms. The fourth-order valence-corrected chi connectivity index (χ4v) is 3.85. The SMILES string of the molecule is Fc1cnc(N2CCN(CCNc3nc4ccc(F)cc4s3)CC2)nc1. The van der Waals surface area contributed by atoms with Crippen LogP contribution in [0.3, 0.4) is 0 Å². The number of hydrogen-bond donors (Lipinski definition) is 1. The van der Waals surface area contributed by atoms with Gasteiger partial charge in [-0.15, -0.1) is 0 Å². The summed E-state index contributed by atoms with van der Waals surface area (Å²) in [6.45, 7) is 5.08. The van der Waals surface area contributed by atoms with E-state index in [1.165, 1.54) is 35.9 Å². The Labute approximate surface area is 153 Å². The highest BCUT2D eigenvalue weighted by Crippen LogP contribution is 2.26. The van der Waals surface area contributed by atoms with Crippen LogP contribution in [0.4, 0.5) is 19.9 Å². The summed E-state index contributed by atoms with van der Waals surface area (Å²) in [4.78, 5) is 16.9. The van der Waals surface area contributed by atoms with Crippen molar-refractivity contribution in [1.29, 1.82) is 0 Å². The summed E-state index contributed by atoms with van der Waals surface area (Å²) in [5, 5.41) is 4.12. The molecular weight excluding hydrogens is 358 g/mol. The van der Waals surface area contributed by atoms with Crippen LogP contribution < -0.4 is 10.2 Å². The highest BCUT2D eigenvalue weighted by atomic mass is 32.1. The van der Waals surface area contributed by atoms with E-state index in [-0.39, 0.29) is 5.82 Å². The van der Waals surface area contributed by atoms with Gasteiger partial charge in [0.05, 0.1) is 22.6 Å². The number of nitrogens with one attached hydrogen (secondary N) is 1. The molecule has 2 aromatic heterocycles. The number of halogens is 2. The first kappa shape index (κ1) is 17.0. The highest BCUT2D eigenvalue weighted by Gasteiger charge is 2.18. The molecule has 6 nitrogen and oxygen atoms in total. The molecule has 1 fully saturated rings. The fraction of sp³-hybridized carbons (Fsp3) is 0.353. The summed E-state index contributed by atoms with van der Waals surface area (Å²) in [5.41, 5.74) is 0.812. The number of aromatic nitrogens is 3. The summed E-state index contributed by atoms with van der Waals surface area (Å²) in [6, 6.07) is 4.63. The molecule has 1 aromatic carbocycles. The number of piperazine rings is 1. The summed E-state index contributed by atoms with van der Waals surface area (Å²) >= 11 is 1.46. The van der Waals surface area contributed by atoms with Crippen LogP contribution >= 0.6 is 11.3 Å². The second-order valence-electron chi connectivity index (χ2n) is 6.09. The van der Waals surface area contributed by atoms with E-state index in [4.69, 9.17) is 0 Å². The van der Waals surface area contributed by atoms with E-state index in [0.29, 0.717) is 5.95 Å². The lowest BCUT2D eigenvalue weighted by Crippen LogP contribution is -2.48. The summed E-state index contributed by atoms with van der Waals surface area (Å²) < 4.78 is 27.0. The van der Waals surface area contributed by atoms with Crippen molar-refractivity contribution in [2.45, 2.75) is 0 Å². The first-order chi connectivity index (χ1) is 12.7. The third kappa shape index (κ3) is 3.88. The van der Waals surface area contributed by atoms with Gasteiger partial charge in [-0.3, -0.25) is 4.90 Å². The molecular formula is C17H18F2N6S. The number of thiazole rings is 1. The normalized spacial score (nSPS) is 15.5. The van der Waals surface area contributed by atoms with Gasteiger partial charge in [0.2, 0.25) is 5.95 Å². The molecule has 9 heteroatoms. The van der Waals surface area contributed by atoms with Crippen molar-refractivity contribution in [3.63, 3.8) is 0 Å². The molecule has 0 aliphatic carbocycles. The third-order valence-corrected chi connectivity index (χ3v) is 5.29. The maximum atomic E-state index is 13.2. The molecule has 1 saturated heterocycles. The molecule has 3 heterocycles. The molecule has 1 aliphatic rings. The van der Waals surface area contributed by atoms with Crippen LogP contribution in [0.1, 0.15) is 0 Å². The van der Waals surface area contributed by atoms with Gasteiger partial charge in [-0.2, -0.15) is 0 Å². The predicted molar refractivity (Wildman–Crippen MR) is 98.7 cm³/mol. The Kier molecular flexibility index (Phi) is 4.89. The average molecular weight is 376 g/mol. The van der Waals surface area contributed by atoms with Crippen molar-refractivity contribution in [3.05, 3.63) is 42.2 Å². The molecule has 0 bridgehead atoms. The Morgan fingerprint density at radius 1 is 1.04 bits per heavy atom. The van der Waals surface area contributed by atoms with Crippen molar-refractivity contribution in [2.24, 2.45) is 0 Å². The molecule has 0 amide bonds. The molecule has 3 aromatic rings. The minimum Gasteiger partial charge on any atom is -0.360 e. The molecule has 0 unspecified atom stereocenters. The fourth-order valence-electron chi connectivity index (χ4n) is 2.94. The van der Waals surface area contributed by atoms with Crippen LogP contribution in [0.15, 0.2) is 30.6 Å². The van der Waals surface area contributed by atoms with Crippen LogP contribution in [0.25, 0.3) is 10.2 Å². The zero-order valence-electron chi connectivity index (χ0n) is 14.0. The van der Waals surface area contributed by atoms with Crippen molar-refractivity contribution in [3.8, 4) is 0 Å². The van der Waals surface area contributed by atoms with E-state index in [2.05, 4.69) is 30.1 Å². The van der Waals surface area contributed by atoms with Crippen LogP contribution in [0.5, 0.6) is 0 Å². The van der Waals surface area contributed by atoms with Crippen molar-refractivity contribution >= 4 is 32.6 Å². The number of fused-ring (bicyclic) bond motifs is 1. The highest BCUT2D eigenvalue weighted by molar-refractivity contribution is 7.22.